The molecule has 29 heavy (non-hydrogen) atoms. The predicted octanol–water partition coefficient (Wildman–Crippen LogP) is 8.84. The van der Waals surface area contributed by atoms with E-state index in [2.05, 4.69) is 59.6 Å². The molecule has 160 valence electrons. The Morgan fingerprint density at radius 1 is 1.17 bits per heavy atom. The summed E-state index contributed by atoms with van der Waals surface area (Å²) in [7, 11) is 0. The Morgan fingerprint density at radius 3 is 2.45 bits per heavy atom. The van der Waals surface area contributed by atoms with E-state index in [9.17, 15) is 0 Å². The summed E-state index contributed by atoms with van der Waals surface area (Å²) in [6, 6.07) is 0. The molecule has 2 unspecified atom stereocenters. The molecular formula is C29H44. The lowest BCUT2D eigenvalue weighted by Crippen LogP contribution is -2.44. The van der Waals surface area contributed by atoms with E-state index in [1.54, 1.807) is 11.1 Å². The van der Waals surface area contributed by atoms with Gasteiger partial charge in [-0.3, -0.25) is 0 Å². The van der Waals surface area contributed by atoms with Gasteiger partial charge in [-0.05, 0) is 87.9 Å². The zero-order chi connectivity index (χ0) is 21.6. The summed E-state index contributed by atoms with van der Waals surface area (Å²) in [4.78, 5) is 0. The van der Waals surface area contributed by atoms with Gasteiger partial charge in [0, 0.05) is 5.41 Å². The third kappa shape index (κ3) is 3.77. The van der Waals surface area contributed by atoms with E-state index in [-0.39, 0.29) is 0 Å². The first kappa shape index (κ1) is 22.4. The molecule has 0 aromatic rings. The molecule has 4 aliphatic rings. The molecule has 0 N–H and O–H groups in total. The fraction of sp³-hybridized carbons (Fsp3) is 0.655. The summed E-state index contributed by atoms with van der Waals surface area (Å²) in [5.74, 6) is 3.19. The minimum atomic E-state index is 0.328. The van der Waals surface area contributed by atoms with Gasteiger partial charge in [-0.15, -0.1) is 6.58 Å². The molecule has 6 atom stereocenters. The zero-order valence-corrected chi connectivity index (χ0v) is 20.0. The van der Waals surface area contributed by atoms with E-state index in [1.165, 1.54) is 55.2 Å². The van der Waals surface area contributed by atoms with E-state index >= 15 is 0 Å². The predicted molar refractivity (Wildman–Crippen MR) is 129 cm³/mol. The minimum Gasteiger partial charge on any atom is -0.100 e. The van der Waals surface area contributed by atoms with Crippen molar-refractivity contribution in [1.82, 2.24) is 0 Å². The molecule has 0 heteroatoms. The van der Waals surface area contributed by atoms with Gasteiger partial charge in [-0.25, -0.2) is 0 Å². The monoisotopic (exact) mass is 392 g/mol. The third-order valence-electron chi connectivity index (χ3n) is 8.69. The molecule has 0 aromatic heterocycles. The maximum Gasteiger partial charge on any atom is 0.0101 e. The highest BCUT2D eigenvalue weighted by Crippen LogP contribution is 2.66. The largest absolute Gasteiger partial charge is 0.100 e. The summed E-state index contributed by atoms with van der Waals surface area (Å²) in [6.45, 7) is 26.2. The van der Waals surface area contributed by atoms with Crippen molar-refractivity contribution in [2.75, 3.05) is 0 Å². The fourth-order valence-corrected chi connectivity index (χ4v) is 7.40. The molecule has 0 amide bonds. The van der Waals surface area contributed by atoms with Gasteiger partial charge in [0.15, 0.2) is 0 Å². The highest BCUT2D eigenvalue weighted by atomic mass is 14.6. The first-order chi connectivity index (χ1) is 13.5. The maximum absolute atomic E-state index is 4.49. The molecule has 2 saturated carbocycles. The average Bonchev–Trinajstić information content (AvgIpc) is 2.91. The van der Waals surface area contributed by atoms with Gasteiger partial charge in [0.05, 0.1) is 0 Å². The van der Waals surface area contributed by atoms with Gasteiger partial charge in [-0.2, -0.15) is 0 Å². The highest BCUT2D eigenvalue weighted by molar-refractivity contribution is 5.43. The summed E-state index contributed by atoms with van der Waals surface area (Å²) in [6.07, 6.45) is 14.1. The van der Waals surface area contributed by atoms with E-state index in [0.29, 0.717) is 10.8 Å². The molecular weight excluding hydrogens is 348 g/mol. The number of allylic oxidation sites excluding steroid dienone is 7. The zero-order valence-electron chi connectivity index (χ0n) is 20.0. The second-order valence-electron chi connectivity index (χ2n) is 11.2. The number of fused-ring (bicyclic) bond motifs is 5. The Labute approximate surface area is 180 Å². The van der Waals surface area contributed by atoms with Crippen molar-refractivity contribution in [1.29, 1.82) is 0 Å². The van der Waals surface area contributed by atoms with Crippen LogP contribution in [-0.2, 0) is 0 Å². The van der Waals surface area contributed by atoms with Crippen molar-refractivity contribution in [2.24, 2.45) is 34.5 Å². The van der Waals surface area contributed by atoms with Crippen LogP contribution in [-0.4, -0.2) is 0 Å². The van der Waals surface area contributed by atoms with Gasteiger partial charge < -0.3 is 0 Å². The summed E-state index contributed by atoms with van der Waals surface area (Å²) >= 11 is 0. The van der Waals surface area contributed by atoms with Crippen LogP contribution in [0.25, 0.3) is 0 Å². The van der Waals surface area contributed by atoms with Crippen LogP contribution in [0.1, 0.15) is 86.5 Å². The smallest absolute Gasteiger partial charge is 0.0101 e. The van der Waals surface area contributed by atoms with Crippen molar-refractivity contribution in [3.8, 4) is 0 Å². The molecule has 0 saturated heterocycles. The van der Waals surface area contributed by atoms with Crippen LogP contribution in [0.15, 0.2) is 59.8 Å². The molecule has 0 nitrogen and oxygen atoms in total. The van der Waals surface area contributed by atoms with Crippen LogP contribution < -0.4 is 0 Å². The second-order valence-corrected chi connectivity index (χ2v) is 11.2. The minimum absolute atomic E-state index is 0.328. The molecule has 0 aromatic carbocycles. The van der Waals surface area contributed by atoms with Gasteiger partial charge in [0.2, 0.25) is 0 Å². The van der Waals surface area contributed by atoms with Gasteiger partial charge >= 0.3 is 0 Å². The Kier molecular flexibility index (Phi) is 6.24. The molecule has 0 bridgehead atoms. The van der Waals surface area contributed by atoms with Crippen LogP contribution in [0.3, 0.4) is 0 Å². The normalized spacial score (nSPS) is 40.4. The summed E-state index contributed by atoms with van der Waals surface area (Å²) in [5, 5.41) is 0. The van der Waals surface area contributed by atoms with Crippen molar-refractivity contribution in [3.05, 3.63) is 59.8 Å². The second kappa shape index (κ2) is 8.09. The van der Waals surface area contributed by atoms with Crippen molar-refractivity contribution in [3.63, 3.8) is 0 Å². The quantitative estimate of drug-likeness (QED) is 0.412. The fourth-order valence-electron chi connectivity index (χ4n) is 7.40. The Balaban J connectivity index is 0.000000552. The van der Waals surface area contributed by atoms with E-state index in [0.717, 1.165) is 30.1 Å². The van der Waals surface area contributed by atoms with Crippen LogP contribution in [0, 0.1) is 34.5 Å². The number of rotatable bonds is 2. The van der Waals surface area contributed by atoms with Gasteiger partial charge in [0.25, 0.3) is 0 Å². The van der Waals surface area contributed by atoms with Crippen molar-refractivity contribution < 1.29 is 0 Å². The van der Waals surface area contributed by atoms with E-state index in [1.807, 2.05) is 13.8 Å². The molecule has 0 radical (unpaired) electrons. The molecule has 2 fully saturated rings. The Hall–Kier alpha value is -1.30. The molecule has 4 rings (SSSR count). The molecule has 4 aliphatic carbocycles. The first-order valence-corrected chi connectivity index (χ1v) is 11.9. The van der Waals surface area contributed by atoms with Gasteiger partial charge in [-0.1, -0.05) is 80.9 Å². The van der Waals surface area contributed by atoms with Crippen LogP contribution in [0.4, 0.5) is 0 Å². The average molecular weight is 393 g/mol. The summed E-state index contributed by atoms with van der Waals surface area (Å²) in [5.41, 5.74) is 8.27. The van der Waals surface area contributed by atoms with Crippen molar-refractivity contribution >= 4 is 0 Å². The standard InChI is InChI=1S/C25H36.C4H8/c1-7-17(3)23-18(4)15-22-20-9-8-19-14-16(2)10-12-24(19,5)21(20)11-13-25(22,23)6;1-4(2)3/h11,14,18,20,22-23H,2-3,7-10,12-13,15H2,1,4-6H3;1H2,2-3H3/t18-,20?,22?,23+,24+,25+;/m1./s1. The van der Waals surface area contributed by atoms with Gasteiger partial charge in [0.1, 0.15) is 0 Å². The Morgan fingerprint density at radius 2 is 1.83 bits per heavy atom. The topological polar surface area (TPSA) is 0 Å². The third-order valence-corrected chi connectivity index (χ3v) is 8.69. The molecule has 0 spiro atoms. The van der Waals surface area contributed by atoms with Crippen LogP contribution in [0.2, 0.25) is 0 Å². The first-order valence-electron chi connectivity index (χ1n) is 11.9. The van der Waals surface area contributed by atoms with E-state index < -0.39 is 0 Å². The highest BCUT2D eigenvalue weighted by Gasteiger charge is 2.57. The van der Waals surface area contributed by atoms with Crippen LogP contribution in [0.5, 0.6) is 0 Å². The molecule has 0 aliphatic heterocycles. The van der Waals surface area contributed by atoms with E-state index in [4.69, 9.17) is 0 Å². The SMILES string of the molecule is C=C(C)C.C=C1C=C2CCC3C(=CC[C@@]4(C)C3C[C@@H](C)[C@@H]4C(=C)CC)[C@@]2(C)CC1. The lowest BCUT2D eigenvalue weighted by atomic mass is 9.51. The number of hydrogen-bond donors (Lipinski definition) is 0. The lowest BCUT2D eigenvalue weighted by Gasteiger charge is -2.54. The maximum atomic E-state index is 4.49. The lowest BCUT2D eigenvalue weighted by molar-refractivity contribution is 0.0942. The summed E-state index contributed by atoms with van der Waals surface area (Å²) < 4.78 is 0. The number of hydrogen-bond acceptors (Lipinski definition) is 0. The van der Waals surface area contributed by atoms with Crippen LogP contribution >= 0.6 is 0 Å². The molecule has 0 heterocycles. The Bertz CT molecular complexity index is 755. The van der Waals surface area contributed by atoms with Crippen molar-refractivity contribution in [2.45, 2.75) is 86.5 Å².